The van der Waals surface area contributed by atoms with Crippen molar-refractivity contribution >= 4 is 11.5 Å². The van der Waals surface area contributed by atoms with Gasteiger partial charge in [-0.3, -0.25) is 4.40 Å². The van der Waals surface area contributed by atoms with Gasteiger partial charge in [-0.05, 0) is 23.8 Å². The number of rotatable bonds is 4. The van der Waals surface area contributed by atoms with Crippen LogP contribution in [0.25, 0.3) is 16.9 Å². The predicted molar refractivity (Wildman–Crippen MR) is 82.3 cm³/mol. The normalized spacial score (nSPS) is 11.0. The molecular formula is C16H17N3O2. The molecule has 0 spiro atoms. The average molecular weight is 283 g/mol. The number of hydrogen-bond acceptors (Lipinski definition) is 4. The maximum Gasteiger partial charge on any atom is 0.181 e. The number of ether oxygens (including phenoxy) is 2. The van der Waals surface area contributed by atoms with Crippen LogP contribution in [0.4, 0.5) is 5.82 Å². The number of benzene rings is 1. The third-order valence-electron chi connectivity index (χ3n) is 3.38. The summed E-state index contributed by atoms with van der Waals surface area (Å²) in [6.07, 6.45) is 1.88. The van der Waals surface area contributed by atoms with Crippen LogP contribution >= 0.6 is 0 Å². The highest BCUT2D eigenvalue weighted by Gasteiger charge is 2.14. The Balaban J connectivity index is 2.16. The Morgan fingerprint density at radius 3 is 2.81 bits per heavy atom. The molecule has 2 N–H and O–H groups in total. The van der Waals surface area contributed by atoms with E-state index in [-0.39, 0.29) is 0 Å². The van der Waals surface area contributed by atoms with E-state index in [0.29, 0.717) is 23.8 Å². The number of anilines is 1. The highest BCUT2D eigenvalue weighted by Crippen LogP contribution is 2.30. The quantitative estimate of drug-likeness (QED) is 0.799. The predicted octanol–water partition coefficient (Wildman–Crippen LogP) is 2.74. The summed E-state index contributed by atoms with van der Waals surface area (Å²) in [5, 5.41) is 0. The zero-order valence-corrected chi connectivity index (χ0v) is 12.0. The third-order valence-corrected chi connectivity index (χ3v) is 3.38. The summed E-state index contributed by atoms with van der Waals surface area (Å²) in [6, 6.07) is 11.8. The van der Waals surface area contributed by atoms with Crippen LogP contribution in [0.2, 0.25) is 0 Å². The van der Waals surface area contributed by atoms with Gasteiger partial charge in [0.2, 0.25) is 0 Å². The van der Waals surface area contributed by atoms with Gasteiger partial charge in [-0.1, -0.05) is 18.2 Å². The fraction of sp³-hybridized carbons (Fsp3) is 0.188. The highest BCUT2D eigenvalue weighted by molar-refractivity contribution is 5.77. The van der Waals surface area contributed by atoms with Crippen molar-refractivity contribution < 1.29 is 9.47 Å². The van der Waals surface area contributed by atoms with Crippen LogP contribution < -0.4 is 10.5 Å². The van der Waals surface area contributed by atoms with Crippen LogP contribution in [0.15, 0.2) is 42.6 Å². The molecule has 2 heterocycles. The molecule has 0 aliphatic carbocycles. The van der Waals surface area contributed by atoms with Crippen molar-refractivity contribution in [3.63, 3.8) is 0 Å². The first-order chi connectivity index (χ1) is 10.2. The molecule has 0 bridgehead atoms. The molecule has 108 valence electrons. The Hall–Kier alpha value is -2.53. The first-order valence-corrected chi connectivity index (χ1v) is 6.63. The number of aromatic nitrogens is 2. The van der Waals surface area contributed by atoms with E-state index in [0.717, 1.165) is 16.8 Å². The van der Waals surface area contributed by atoms with Crippen molar-refractivity contribution in [3.05, 3.63) is 48.2 Å². The molecule has 0 saturated carbocycles. The molecule has 3 rings (SSSR count). The van der Waals surface area contributed by atoms with Gasteiger partial charge in [0, 0.05) is 18.9 Å². The fourth-order valence-corrected chi connectivity index (χ4v) is 2.41. The van der Waals surface area contributed by atoms with E-state index < -0.39 is 0 Å². The van der Waals surface area contributed by atoms with E-state index in [1.165, 1.54) is 0 Å². The summed E-state index contributed by atoms with van der Waals surface area (Å²) in [5.41, 5.74) is 9.74. The van der Waals surface area contributed by atoms with E-state index in [1.807, 2.05) is 47.0 Å². The molecule has 3 aromatic rings. The number of imidazole rings is 1. The first kappa shape index (κ1) is 13.5. The molecule has 2 aromatic heterocycles. The van der Waals surface area contributed by atoms with Gasteiger partial charge in [-0.25, -0.2) is 4.98 Å². The Morgan fingerprint density at radius 2 is 2.05 bits per heavy atom. The van der Waals surface area contributed by atoms with Crippen LogP contribution in [0.3, 0.4) is 0 Å². The van der Waals surface area contributed by atoms with Crippen molar-refractivity contribution in [2.45, 2.75) is 6.61 Å². The van der Waals surface area contributed by atoms with E-state index in [4.69, 9.17) is 15.2 Å². The van der Waals surface area contributed by atoms with E-state index in [9.17, 15) is 0 Å². The van der Waals surface area contributed by atoms with Crippen molar-refractivity contribution in [1.82, 2.24) is 9.38 Å². The summed E-state index contributed by atoms with van der Waals surface area (Å²) in [7, 11) is 3.30. The monoisotopic (exact) mass is 283 g/mol. The molecule has 5 heteroatoms. The maximum absolute atomic E-state index is 6.23. The van der Waals surface area contributed by atoms with Gasteiger partial charge < -0.3 is 15.2 Å². The lowest BCUT2D eigenvalue weighted by atomic mass is 10.1. The number of methoxy groups -OCH3 is 2. The molecule has 0 saturated heterocycles. The summed E-state index contributed by atoms with van der Waals surface area (Å²) in [4.78, 5) is 4.63. The van der Waals surface area contributed by atoms with Crippen LogP contribution in [0, 0.1) is 0 Å². The Morgan fingerprint density at radius 1 is 1.19 bits per heavy atom. The van der Waals surface area contributed by atoms with Gasteiger partial charge in [0.15, 0.2) is 11.4 Å². The highest BCUT2D eigenvalue weighted by atomic mass is 16.5. The second kappa shape index (κ2) is 5.46. The Kier molecular flexibility index (Phi) is 3.50. The number of nitrogens with two attached hydrogens (primary N) is 1. The second-order valence-electron chi connectivity index (χ2n) is 4.75. The molecule has 1 aromatic carbocycles. The van der Waals surface area contributed by atoms with Crippen LogP contribution in [-0.2, 0) is 11.3 Å². The number of hydrogen-bond donors (Lipinski definition) is 1. The van der Waals surface area contributed by atoms with E-state index in [2.05, 4.69) is 4.98 Å². The van der Waals surface area contributed by atoms with Gasteiger partial charge in [-0.15, -0.1) is 0 Å². The summed E-state index contributed by atoms with van der Waals surface area (Å²) < 4.78 is 12.3. The smallest absolute Gasteiger partial charge is 0.181 e. The molecule has 0 radical (unpaired) electrons. The fourth-order valence-electron chi connectivity index (χ4n) is 2.41. The maximum atomic E-state index is 6.23. The Bertz CT molecular complexity index is 780. The van der Waals surface area contributed by atoms with Gasteiger partial charge in [0.25, 0.3) is 0 Å². The zero-order chi connectivity index (χ0) is 14.8. The summed E-state index contributed by atoms with van der Waals surface area (Å²) >= 11 is 0. The Labute approximate surface area is 122 Å². The number of pyridine rings is 1. The summed E-state index contributed by atoms with van der Waals surface area (Å²) in [6.45, 7) is 0.560. The molecule has 0 aliphatic heterocycles. The van der Waals surface area contributed by atoms with E-state index >= 15 is 0 Å². The van der Waals surface area contributed by atoms with Crippen molar-refractivity contribution in [2.24, 2.45) is 0 Å². The average Bonchev–Trinajstić information content (AvgIpc) is 2.85. The topological polar surface area (TPSA) is 61.8 Å². The van der Waals surface area contributed by atoms with Crippen molar-refractivity contribution in [2.75, 3.05) is 20.0 Å². The molecule has 0 amide bonds. The number of nitrogens with zero attached hydrogens (tertiary/aromatic N) is 2. The lowest BCUT2D eigenvalue weighted by Gasteiger charge is -2.03. The summed E-state index contributed by atoms with van der Waals surface area (Å²) in [5.74, 6) is 1.29. The first-order valence-electron chi connectivity index (χ1n) is 6.63. The molecule has 21 heavy (non-hydrogen) atoms. The molecule has 0 atom stereocenters. The largest absolute Gasteiger partial charge is 0.493 e. The van der Waals surface area contributed by atoms with Gasteiger partial charge >= 0.3 is 0 Å². The SMILES string of the molecule is COCc1cccc(-c2nc3c(OC)cccn3c2N)c1. The molecule has 5 nitrogen and oxygen atoms in total. The van der Waals surface area contributed by atoms with Crippen molar-refractivity contribution in [1.29, 1.82) is 0 Å². The van der Waals surface area contributed by atoms with Gasteiger partial charge in [0.1, 0.15) is 11.5 Å². The number of nitrogen functional groups attached to an aromatic ring is 1. The molecular weight excluding hydrogens is 266 g/mol. The van der Waals surface area contributed by atoms with Gasteiger partial charge in [-0.2, -0.15) is 0 Å². The minimum absolute atomic E-state index is 0.560. The van der Waals surface area contributed by atoms with Crippen molar-refractivity contribution in [3.8, 4) is 17.0 Å². The minimum Gasteiger partial charge on any atom is -0.493 e. The lowest BCUT2D eigenvalue weighted by molar-refractivity contribution is 0.185. The van der Waals surface area contributed by atoms with Crippen LogP contribution in [-0.4, -0.2) is 23.6 Å². The van der Waals surface area contributed by atoms with Crippen LogP contribution in [0.5, 0.6) is 5.75 Å². The minimum atomic E-state index is 0.560. The molecule has 0 fully saturated rings. The second-order valence-corrected chi connectivity index (χ2v) is 4.75. The zero-order valence-electron chi connectivity index (χ0n) is 12.0. The molecule has 0 unspecified atom stereocenters. The standard InChI is InChI=1S/C16H17N3O2/c1-20-10-11-5-3-6-12(9-11)14-15(17)19-8-4-7-13(21-2)16(19)18-14/h3-9H,10,17H2,1-2H3. The van der Waals surface area contributed by atoms with E-state index in [1.54, 1.807) is 14.2 Å². The van der Waals surface area contributed by atoms with Crippen LogP contribution in [0.1, 0.15) is 5.56 Å². The third kappa shape index (κ3) is 2.32. The van der Waals surface area contributed by atoms with Gasteiger partial charge in [0.05, 0.1) is 13.7 Å². The lowest BCUT2D eigenvalue weighted by Crippen LogP contribution is -1.95. The number of fused-ring (bicyclic) bond motifs is 1. The molecule has 0 aliphatic rings.